The third-order valence-corrected chi connectivity index (χ3v) is 6.41. The van der Waals surface area contributed by atoms with Crippen LogP contribution in [-0.4, -0.2) is 62.7 Å². The second kappa shape index (κ2) is 14.8. The van der Waals surface area contributed by atoms with Crippen LogP contribution in [0.4, 0.5) is 5.69 Å². The molecule has 1 aromatic carbocycles. The second-order valence-electron chi connectivity index (χ2n) is 9.41. The monoisotopic (exact) mass is 571 g/mol. The van der Waals surface area contributed by atoms with E-state index in [4.69, 9.17) is 4.74 Å². The van der Waals surface area contributed by atoms with Crippen LogP contribution in [0.3, 0.4) is 0 Å². The van der Waals surface area contributed by atoms with Crippen LogP contribution in [0.25, 0.3) is 0 Å². The Morgan fingerprint density at radius 3 is 2.58 bits per heavy atom. The van der Waals surface area contributed by atoms with E-state index in [1.54, 1.807) is 7.05 Å². The molecule has 2 fully saturated rings. The number of ether oxygens (including phenoxy) is 1. The Bertz CT molecular complexity index is 746. The Morgan fingerprint density at radius 2 is 1.91 bits per heavy atom. The molecule has 1 saturated carbocycles. The lowest BCUT2D eigenvalue weighted by molar-refractivity contribution is -0.119. The Labute approximate surface area is 216 Å². The summed E-state index contributed by atoms with van der Waals surface area (Å²) < 4.78 is 5.53. The largest absolute Gasteiger partial charge is 0.379 e. The molecule has 3 N–H and O–H groups in total. The molecular formula is C25H42IN5O2. The number of anilines is 1. The molecule has 1 aliphatic heterocycles. The molecule has 1 saturated heterocycles. The van der Waals surface area contributed by atoms with Crippen molar-refractivity contribution in [3.63, 3.8) is 0 Å². The smallest absolute Gasteiger partial charge is 0.227 e. The fraction of sp³-hybridized carbons (Fsp3) is 0.680. The van der Waals surface area contributed by atoms with E-state index in [1.165, 1.54) is 0 Å². The molecule has 0 spiro atoms. The van der Waals surface area contributed by atoms with Crippen molar-refractivity contribution in [3.05, 3.63) is 29.8 Å². The summed E-state index contributed by atoms with van der Waals surface area (Å²) in [5.41, 5.74) is 1.98. The molecule has 0 bridgehead atoms. The Morgan fingerprint density at radius 1 is 1.18 bits per heavy atom. The number of aliphatic imine (C=N–C) groups is 1. The van der Waals surface area contributed by atoms with Crippen molar-refractivity contribution in [2.45, 2.75) is 58.5 Å². The highest BCUT2D eigenvalue weighted by Gasteiger charge is 2.23. The molecular weight excluding hydrogens is 529 g/mol. The van der Waals surface area contributed by atoms with E-state index in [0.29, 0.717) is 18.5 Å². The normalized spacial score (nSPS) is 18.6. The molecule has 1 heterocycles. The van der Waals surface area contributed by atoms with E-state index in [-0.39, 0.29) is 35.8 Å². The Hall–Kier alpha value is -1.39. The fourth-order valence-electron chi connectivity index (χ4n) is 4.66. The minimum Gasteiger partial charge on any atom is -0.379 e. The van der Waals surface area contributed by atoms with E-state index in [9.17, 15) is 4.79 Å². The number of nitrogens with one attached hydrogen (secondary N) is 3. The van der Waals surface area contributed by atoms with Crippen molar-refractivity contribution in [1.29, 1.82) is 0 Å². The molecule has 7 nitrogen and oxygen atoms in total. The fourth-order valence-corrected chi connectivity index (χ4v) is 4.66. The lowest BCUT2D eigenvalue weighted by Crippen LogP contribution is -2.50. The summed E-state index contributed by atoms with van der Waals surface area (Å²) in [7, 11) is 1.81. The van der Waals surface area contributed by atoms with Gasteiger partial charge in [-0.1, -0.05) is 38.8 Å². The number of nitrogens with zero attached hydrogens (tertiary/aromatic N) is 2. The van der Waals surface area contributed by atoms with Crippen molar-refractivity contribution in [1.82, 2.24) is 15.5 Å². The third kappa shape index (κ3) is 9.41. The third-order valence-electron chi connectivity index (χ3n) is 6.41. The predicted octanol–water partition coefficient (Wildman–Crippen LogP) is 3.85. The first-order valence-electron chi connectivity index (χ1n) is 12.2. The number of carbonyl (C=O) groups excluding carboxylic acids is 1. The SMILES string of the molecule is CN=C(NCc1cccc(NC(=O)C2CCCC2)c1)NCC(CC(C)C)N1CCOCC1.I. The van der Waals surface area contributed by atoms with E-state index in [0.717, 1.165) is 82.2 Å². The summed E-state index contributed by atoms with van der Waals surface area (Å²) in [4.78, 5) is 19.4. The summed E-state index contributed by atoms with van der Waals surface area (Å²) in [6.07, 6.45) is 5.50. The predicted molar refractivity (Wildman–Crippen MR) is 146 cm³/mol. The molecule has 2 aliphatic rings. The van der Waals surface area contributed by atoms with Crippen LogP contribution in [0.5, 0.6) is 0 Å². The highest BCUT2D eigenvalue weighted by Crippen LogP contribution is 2.26. The maximum absolute atomic E-state index is 12.4. The first-order valence-corrected chi connectivity index (χ1v) is 12.2. The van der Waals surface area contributed by atoms with Gasteiger partial charge >= 0.3 is 0 Å². The first-order chi connectivity index (χ1) is 15.5. The zero-order valence-electron chi connectivity index (χ0n) is 20.4. The maximum Gasteiger partial charge on any atom is 0.227 e. The lowest BCUT2D eigenvalue weighted by Gasteiger charge is -2.35. The number of benzene rings is 1. The number of morpholine rings is 1. The average Bonchev–Trinajstić information content (AvgIpc) is 3.34. The van der Waals surface area contributed by atoms with Crippen molar-refractivity contribution in [2.24, 2.45) is 16.8 Å². The van der Waals surface area contributed by atoms with Crippen LogP contribution < -0.4 is 16.0 Å². The van der Waals surface area contributed by atoms with Crippen molar-refractivity contribution >= 4 is 41.5 Å². The number of guanidine groups is 1. The van der Waals surface area contributed by atoms with Gasteiger partial charge in [-0.25, -0.2) is 0 Å². The van der Waals surface area contributed by atoms with Gasteiger partial charge in [-0.15, -0.1) is 24.0 Å². The van der Waals surface area contributed by atoms with Gasteiger partial charge in [0.2, 0.25) is 5.91 Å². The molecule has 1 atom stereocenters. The average molecular weight is 572 g/mol. The van der Waals surface area contributed by atoms with E-state index in [1.807, 2.05) is 18.2 Å². The Kier molecular flexibility index (Phi) is 12.5. The van der Waals surface area contributed by atoms with Crippen molar-refractivity contribution < 1.29 is 9.53 Å². The molecule has 33 heavy (non-hydrogen) atoms. The van der Waals surface area contributed by atoms with E-state index >= 15 is 0 Å². The number of halogens is 1. The van der Waals surface area contributed by atoms with Gasteiger partial charge in [-0.3, -0.25) is 14.7 Å². The molecule has 186 valence electrons. The van der Waals surface area contributed by atoms with Gasteiger partial charge in [0, 0.05) is 50.9 Å². The number of hydrogen-bond acceptors (Lipinski definition) is 4. The van der Waals surface area contributed by atoms with Gasteiger partial charge < -0.3 is 20.7 Å². The van der Waals surface area contributed by atoms with Gasteiger partial charge in [-0.05, 0) is 42.9 Å². The number of rotatable bonds is 9. The first kappa shape index (κ1) is 27.9. The summed E-state index contributed by atoms with van der Waals surface area (Å²) in [5, 5.41) is 10.0. The standard InChI is InChI=1S/C25H41N5O2.HI/c1-19(2)15-23(30-11-13-32-14-12-30)18-28-25(26-3)27-17-20-7-6-10-22(16-20)29-24(31)21-8-4-5-9-21;/h6-7,10,16,19,21,23H,4-5,8-9,11-15,17-18H2,1-3H3,(H,29,31)(H2,26,27,28);1H. The molecule has 1 unspecified atom stereocenters. The van der Waals surface area contributed by atoms with Crippen LogP contribution in [0.1, 0.15) is 51.5 Å². The summed E-state index contributed by atoms with van der Waals surface area (Å²) in [6.45, 7) is 9.67. The molecule has 8 heteroatoms. The summed E-state index contributed by atoms with van der Waals surface area (Å²) >= 11 is 0. The van der Waals surface area contributed by atoms with Gasteiger partial charge in [0.05, 0.1) is 13.2 Å². The molecule has 1 amide bonds. The maximum atomic E-state index is 12.4. The zero-order chi connectivity index (χ0) is 22.8. The molecule has 1 aromatic rings. The van der Waals surface area contributed by atoms with Gasteiger partial charge in [0.25, 0.3) is 0 Å². The lowest BCUT2D eigenvalue weighted by atomic mass is 10.0. The van der Waals surface area contributed by atoms with E-state index in [2.05, 4.69) is 45.8 Å². The van der Waals surface area contributed by atoms with Crippen LogP contribution in [0.2, 0.25) is 0 Å². The summed E-state index contributed by atoms with van der Waals surface area (Å²) in [6, 6.07) is 8.53. The minimum atomic E-state index is 0. The van der Waals surface area contributed by atoms with E-state index < -0.39 is 0 Å². The highest BCUT2D eigenvalue weighted by atomic mass is 127. The molecule has 0 aromatic heterocycles. The second-order valence-corrected chi connectivity index (χ2v) is 9.41. The number of carbonyl (C=O) groups is 1. The summed E-state index contributed by atoms with van der Waals surface area (Å²) in [5.74, 6) is 1.77. The molecule has 3 rings (SSSR count). The topological polar surface area (TPSA) is 78.0 Å². The molecule has 0 radical (unpaired) electrons. The van der Waals surface area contributed by atoms with Gasteiger partial charge in [-0.2, -0.15) is 0 Å². The van der Waals surface area contributed by atoms with Crippen LogP contribution in [-0.2, 0) is 16.1 Å². The molecule has 1 aliphatic carbocycles. The van der Waals surface area contributed by atoms with Crippen LogP contribution >= 0.6 is 24.0 Å². The Balaban J connectivity index is 0.00000385. The minimum absolute atomic E-state index is 0. The number of hydrogen-bond donors (Lipinski definition) is 3. The van der Waals surface area contributed by atoms with Crippen molar-refractivity contribution in [2.75, 3.05) is 45.2 Å². The zero-order valence-corrected chi connectivity index (χ0v) is 22.8. The highest BCUT2D eigenvalue weighted by molar-refractivity contribution is 14.0. The van der Waals surface area contributed by atoms with Gasteiger partial charge in [0.15, 0.2) is 5.96 Å². The quantitative estimate of drug-likeness (QED) is 0.239. The van der Waals surface area contributed by atoms with Crippen LogP contribution in [0, 0.1) is 11.8 Å². The van der Waals surface area contributed by atoms with Crippen molar-refractivity contribution in [3.8, 4) is 0 Å². The van der Waals surface area contributed by atoms with Gasteiger partial charge in [0.1, 0.15) is 0 Å². The van der Waals surface area contributed by atoms with Crippen LogP contribution in [0.15, 0.2) is 29.3 Å². The number of amides is 1.